The minimum absolute atomic E-state index is 0.242. The smallest absolute Gasteiger partial charge is 0.219 e. The number of rotatable bonds is 18. The fourth-order valence-corrected chi connectivity index (χ4v) is 1.69. The molecule has 0 atom stereocenters. The van der Waals surface area contributed by atoms with Crippen molar-refractivity contribution in [2.24, 2.45) is 11.5 Å². The maximum atomic E-state index is 10.4. The van der Waals surface area contributed by atoms with Gasteiger partial charge in [-0.05, 0) is 19.8 Å². The number of allylic oxidation sites excluding steroid dienone is 1. The summed E-state index contributed by atoms with van der Waals surface area (Å²) >= 11 is 0. The maximum Gasteiger partial charge on any atom is 0.219 e. The Morgan fingerprint density at radius 2 is 1.16 bits per heavy atom. The highest BCUT2D eigenvalue weighted by Crippen LogP contribution is 2.04. The third-order valence-corrected chi connectivity index (χ3v) is 3.08. The molecule has 0 heterocycles. The summed E-state index contributed by atoms with van der Waals surface area (Å²) in [5.41, 5.74) is 11.5. The molecule has 0 unspecified atom stereocenters. The van der Waals surface area contributed by atoms with E-state index in [-0.39, 0.29) is 12.3 Å². The number of primary amides is 1. The molecule has 0 aliphatic heterocycles. The Kier molecular flexibility index (Phi) is 47.5. The lowest BCUT2D eigenvalue weighted by Crippen LogP contribution is -2.16. The number of amides is 1. The first kappa shape index (κ1) is 37.3. The average Bonchev–Trinajstić information content (AvgIpc) is 2.74. The first-order chi connectivity index (χ1) is 15.0. The molecule has 0 saturated heterocycles. The van der Waals surface area contributed by atoms with E-state index in [9.17, 15) is 4.79 Å². The summed E-state index contributed by atoms with van der Waals surface area (Å²) in [7, 11) is 3.25. The summed E-state index contributed by atoms with van der Waals surface area (Å²) in [6, 6.07) is 0. The minimum Gasteiger partial charge on any atom is -0.388 e. The van der Waals surface area contributed by atoms with Crippen molar-refractivity contribution in [2.45, 2.75) is 59.8 Å². The summed E-state index contributed by atoms with van der Waals surface area (Å²) in [6.45, 7) is 16.6. The zero-order chi connectivity index (χ0) is 24.6. The second kappa shape index (κ2) is 39.4. The molecule has 4 N–H and O–H groups in total. The lowest BCUT2D eigenvalue weighted by atomic mass is 10.1. The van der Waals surface area contributed by atoms with Gasteiger partial charge in [-0.3, -0.25) is 4.79 Å². The Bertz CT molecular complexity index is 331. The van der Waals surface area contributed by atoms with Crippen molar-refractivity contribution in [1.29, 1.82) is 0 Å². The number of hydrogen-bond acceptors (Lipinski definition) is 7. The molecule has 0 aliphatic rings. The van der Waals surface area contributed by atoms with Crippen LogP contribution in [0.5, 0.6) is 0 Å². The molecule has 8 heteroatoms. The second-order valence-corrected chi connectivity index (χ2v) is 6.28. The number of carbonyl (C=O) groups excluding carboxylic acids is 1. The topological polar surface area (TPSA) is 115 Å². The minimum atomic E-state index is -0.360. The van der Waals surface area contributed by atoms with Gasteiger partial charge in [-0.1, -0.05) is 39.2 Å². The van der Waals surface area contributed by atoms with Gasteiger partial charge in [0.1, 0.15) is 0 Å². The van der Waals surface area contributed by atoms with Crippen LogP contribution in [0, 0.1) is 0 Å². The second-order valence-electron chi connectivity index (χ2n) is 6.28. The van der Waals surface area contributed by atoms with Crippen LogP contribution in [0.3, 0.4) is 0 Å². The van der Waals surface area contributed by atoms with E-state index in [4.69, 9.17) is 30.4 Å². The van der Waals surface area contributed by atoms with E-state index in [0.29, 0.717) is 59.4 Å². The van der Waals surface area contributed by atoms with Crippen LogP contribution in [0.15, 0.2) is 12.2 Å². The van der Waals surface area contributed by atoms with Crippen molar-refractivity contribution in [3.05, 3.63) is 12.2 Å². The van der Waals surface area contributed by atoms with Crippen LogP contribution in [-0.2, 0) is 28.5 Å². The van der Waals surface area contributed by atoms with E-state index in [1.54, 1.807) is 14.2 Å². The standard InChI is InChI=1S/C11H24N2O5.C8H16.C2H6O.C2H6/c12-2-4-16-6-8-18-10-9-17-7-5-15-3-1-11(13)14;1-4-5-6-7-8(2)3;1-3-2;1-2/h1-10,12H2,(H2,13,14);2,4-7H2,1,3H3;1-2H3;1-2H3. The van der Waals surface area contributed by atoms with Crippen LogP contribution in [-0.4, -0.2) is 79.5 Å². The van der Waals surface area contributed by atoms with Crippen LogP contribution in [0.25, 0.3) is 0 Å². The number of nitrogens with two attached hydrogens (primary N) is 2. The number of carbonyl (C=O) groups is 1. The number of ether oxygens (including phenoxy) is 5. The molecule has 1 amide bonds. The van der Waals surface area contributed by atoms with Gasteiger partial charge in [-0.25, -0.2) is 0 Å². The van der Waals surface area contributed by atoms with Crippen molar-refractivity contribution in [3.63, 3.8) is 0 Å². The van der Waals surface area contributed by atoms with E-state index < -0.39 is 0 Å². The molecule has 0 aromatic heterocycles. The summed E-state index contributed by atoms with van der Waals surface area (Å²) in [6.07, 6.45) is 5.45. The van der Waals surface area contributed by atoms with E-state index in [1.807, 2.05) is 13.8 Å². The van der Waals surface area contributed by atoms with Crippen molar-refractivity contribution in [2.75, 3.05) is 73.6 Å². The largest absolute Gasteiger partial charge is 0.388 e. The molecule has 190 valence electrons. The van der Waals surface area contributed by atoms with Crippen molar-refractivity contribution in [1.82, 2.24) is 0 Å². The zero-order valence-corrected chi connectivity index (χ0v) is 21.2. The van der Waals surface area contributed by atoms with E-state index in [0.717, 1.165) is 0 Å². The third-order valence-electron chi connectivity index (χ3n) is 3.08. The number of hydrogen-bond donors (Lipinski definition) is 2. The van der Waals surface area contributed by atoms with E-state index >= 15 is 0 Å². The average molecular weight is 453 g/mol. The fraction of sp³-hybridized carbons (Fsp3) is 0.870. The van der Waals surface area contributed by atoms with Gasteiger partial charge >= 0.3 is 0 Å². The van der Waals surface area contributed by atoms with Crippen molar-refractivity contribution in [3.8, 4) is 0 Å². The van der Waals surface area contributed by atoms with Gasteiger partial charge in [-0.2, -0.15) is 0 Å². The highest BCUT2D eigenvalue weighted by atomic mass is 16.6. The predicted octanol–water partition coefficient (Wildman–Crippen LogP) is 3.32. The van der Waals surface area contributed by atoms with Crippen molar-refractivity contribution < 1.29 is 28.5 Å². The Hall–Kier alpha value is -1.03. The summed E-state index contributed by atoms with van der Waals surface area (Å²) < 4.78 is 25.0. The van der Waals surface area contributed by atoms with Gasteiger partial charge < -0.3 is 35.2 Å². The summed E-state index contributed by atoms with van der Waals surface area (Å²) in [4.78, 5) is 10.4. The van der Waals surface area contributed by atoms with Gasteiger partial charge in [-0.15, -0.1) is 6.58 Å². The Morgan fingerprint density at radius 3 is 1.48 bits per heavy atom. The molecule has 0 saturated carbocycles. The Labute approximate surface area is 192 Å². The lowest BCUT2D eigenvalue weighted by Gasteiger charge is -2.06. The Balaban J connectivity index is -0.000000232. The number of unbranched alkanes of at least 4 members (excludes halogenated alkanes) is 2. The van der Waals surface area contributed by atoms with Gasteiger partial charge in [0, 0.05) is 27.2 Å². The SMILES string of the molecule is C=C(C)CCCCC.CC.COC.NCCOCCOCCOCCOCCC(N)=O. The molecule has 0 aromatic rings. The molecule has 31 heavy (non-hydrogen) atoms. The van der Waals surface area contributed by atoms with Crippen LogP contribution >= 0.6 is 0 Å². The molecule has 8 nitrogen and oxygen atoms in total. The van der Waals surface area contributed by atoms with E-state index in [1.165, 1.54) is 31.3 Å². The normalized spacial score (nSPS) is 9.39. The molecule has 0 radical (unpaired) electrons. The fourth-order valence-electron chi connectivity index (χ4n) is 1.69. The zero-order valence-electron chi connectivity index (χ0n) is 21.2. The quantitative estimate of drug-likeness (QED) is 0.242. The number of methoxy groups -OCH3 is 1. The predicted molar refractivity (Wildman–Crippen MR) is 129 cm³/mol. The first-order valence-electron chi connectivity index (χ1n) is 11.3. The highest BCUT2D eigenvalue weighted by Gasteiger charge is 1.95. The molecule has 0 aromatic carbocycles. The molecular formula is C23H52N2O6. The monoisotopic (exact) mass is 452 g/mol. The van der Waals surface area contributed by atoms with Gasteiger partial charge in [0.2, 0.25) is 5.91 Å². The highest BCUT2D eigenvalue weighted by molar-refractivity contribution is 5.73. The van der Waals surface area contributed by atoms with Crippen LogP contribution < -0.4 is 11.5 Å². The third kappa shape index (κ3) is 58.6. The van der Waals surface area contributed by atoms with Crippen molar-refractivity contribution >= 4 is 5.91 Å². The van der Waals surface area contributed by atoms with Gasteiger partial charge in [0.05, 0.1) is 52.9 Å². The van der Waals surface area contributed by atoms with Crippen LogP contribution in [0.2, 0.25) is 0 Å². The maximum absolute atomic E-state index is 10.4. The van der Waals surface area contributed by atoms with Crippen LogP contribution in [0.1, 0.15) is 59.8 Å². The molecule has 0 aliphatic carbocycles. The molecule has 0 spiro atoms. The van der Waals surface area contributed by atoms with E-state index in [2.05, 4.69) is 25.2 Å². The molecule has 0 rings (SSSR count). The molecular weight excluding hydrogens is 400 g/mol. The molecule has 0 bridgehead atoms. The lowest BCUT2D eigenvalue weighted by molar-refractivity contribution is -0.119. The van der Waals surface area contributed by atoms with Gasteiger partial charge in [0.15, 0.2) is 0 Å². The van der Waals surface area contributed by atoms with Crippen LogP contribution in [0.4, 0.5) is 0 Å². The van der Waals surface area contributed by atoms with Gasteiger partial charge in [0.25, 0.3) is 0 Å². The summed E-state index contributed by atoms with van der Waals surface area (Å²) in [5, 5.41) is 0. The molecule has 0 fully saturated rings. The first-order valence-corrected chi connectivity index (χ1v) is 11.3. The summed E-state index contributed by atoms with van der Waals surface area (Å²) in [5.74, 6) is -0.360. The Morgan fingerprint density at radius 1 is 0.774 bits per heavy atom.